The molecule has 0 N–H and O–H groups in total. The molecule has 0 bridgehead atoms. The van der Waals surface area contributed by atoms with E-state index in [0.717, 1.165) is 18.4 Å². The molecule has 2 heterocycles. The Morgan fingerprint density at radius 3 is 2.45 bits per heavy atom. The van der Waals surface area contributed by atoms with Gasteiger partial charge in [0.2, 0.25) is 10.0 Å². The molecule has 6 nitrogen and oxygen atoms in total. The molecule has 1 saturated heterocycles. The van der Waals surface area contributed by atoms with Crippen LogP contribution in [0.25, 0.3) is 0 Å². The molecular formula is C14H23NO5S2. The van der Waals surface area contributed by atoms with Gasteiger partial charge in [-0.05, 0) is 37.8 Å². The Hall–Kier alpha value is -0.860. The van der Waals surface area contributed by atoms with Crippen LogP contribution >= 0.6 is 0 Å². The van der Waals surface area contributed by atoms with Gasteiger partial charge in [0, 0.05) is 12.8 Å². The molecule has 0 amide bonds. The number of hydrogen-bond acceptors (Lipinski definition) is 5. The molecule has 0 spiro atoms. The predicted molar refractivity (Wildman–Crippen MR) is 84.8 cm³/mol. The SMILES string of the molecule is Cc1ccc([C@@H]2C[C@H](C)CCN2S(=O)(=O)CCS(C)(=O)=O)o1. The van der Waals surface area contributed by atoms with Crippen LogP contribution < -0.4 is 0 Å². The van der Waals surface area contributed by atoms with Crippen molar-refractivity contribution in [2.45, 2.75) is 32.7 Å². The van der Waals surface area contributed by atoms with E-state index in [9.17, 15) is 16.8 Å². The second-order valence-corrected chi connectivity index (χ2v) is 10.5. The summed E-state index contributed by atoms with van der Waals surface area (Å²) in [6.07, 6.45) is 2.51. The van der Waals surface area contributed by atoms with Crippen molar-refractivity contribution >= 4 is 19.9 Å². The maximum Gasteiger partial charge on any atom is 0.215 e. The third-order valence-corrected chi connectivity index (χ3v) is 7.05. The van der Waals surface area contributed by atoms with Crippen molar-refractivity contribution in [3.8, 4) is 0 Å². The molecule has 126 valence electrons. The first-order chi connectivity index (χ1) is 10.1. The van der Waals surface area contributed by atoms with E-state index in [4.69, 9.17) is 4.42 Å². The molecule has 2 rings (SSSR count). The van der Waals surface area contributed by atoms with Gasteiger partial charge in [-0.15, -0.1) is 0 Å². The van der Waals surface area contributed by atoms with Crippen LogP contribution in [0.4, 0.5) is 0 Å². The number of sulfone groups is 1. The molecule has 1 aliphatic rings. The van der Waals surface area contributed by atoms with Gasteiger partial charge in [-0.25, -0.2) is 16.8 Å². The number of hydrogen-bond donors (Lipinski definition) is 0. The average Bonchev–Trinajstić information content (AvgIpc) is 2.82. The lowest BCUT2D eigenvalue weighted by Gasteiger charge is -2.36. The molecule has 22 heavy (non-hydrogen) atoms. The van der Waals surface area contributed by atoms with Gasteiger partial charge in [0.05, 0.1) is 17.5 Å². The molecule has 0 aromatic carbocycles. The topological polar surface area (TPSA) is 84.7 Å². The van der Waals surface area contributed by atoms with Gasteiger partial charge >= 0.3 is 0 Å². The Balaban J connectivity index is 2.25. The van der Waals surface area contributed by atoms with Crippen molar-refractivity contribution in [2.24, 2.45) is 5.92 Å². The Kier molecular flexibility index (Phi) is 5.03. The molecular weight excluding hydrogens is 326 g/mol. The van der Waals surface area contributed by atoms with Crippen LogP contribution in [0.1, 0.15) is 37.3 Å². The summed E-state index contributed by atoms with van der Waals surface area (Å²) in [5.74, 6) is 1.03. The van der Waals surface area contributed by atoms with Crippen molar-refractivity contribution in [1.82, 2.24) is 4.31 Å². The fraction of sp³-hybridized carbons (Fsp3) is 0.714. The Morgan fingerprint density at radius 2 is 1.91 bits per heavy atom. The summed E-state index contributed by atoms with van der Waals surface area (Å²) in [4.78, 5) is 0. The van der Waals surface area contributed by atoms with Crippen molar-refractivity contribution in [3.05, 3.63) is 23.7 Å². The summed E-state index contributed by atoms with van der Waals surface area (Å²) in [5, 5.41) is 0. The Morgan fingerprint density at radius 1 is 1.23 bits per heavy atom. The van der Waals surface area contributed by atoms with E-state index in [1.54, 1.807) is 6.07 Å². The van der Waals surface area contributed by atoms with Gasteiger partial charge < -0.3 is 4.42 Å². The van der Waals surface area contributed by atoms with Gasteiger partial charge in [-0.3, -0.25) is 0 Å². The lowest BCUT2D eigenvalue weighted by atomic mass is 9.93. The van der Waals surface area contributed by atoms with E-state index in [1.165, 1.54) is 4.31 Å². The second kappa shape index (κ2) is 6.33. The van der Waals surface area contributed by atoms with E-state index < -0.39 is 19.9 Å². The number of sulfonamides is 1. The zero-order valence-electron chi connectivity index (χ0n) is 13.1. The summed E-state index contributed by atoms with van der Waals surface area (Å²) < 4.78 is 54.7. The van der Waals surface area contributed by atoms with E-state index in [-0.39, 0.29) is 17.5 Å². The summed E-state index contributed by atoms with van der Waals surface area (Å²) >= 11 is 0. The lowest BCUT2D eigenvalue weighted by Crippen LogP contribution is -2.42. The van der Waals surface area contributed by atoms with Crippen molar-refractivity contribution < 1.29 is 21.3 Å². The minimum atomic E-state index is -3.63. The molecule has 0 aliphatic carbocycles. The smallest absolute Gasteiger partial charge is 0.215 e. The number of rotatable bonds is 5. The fourth-order valence-corrected chi connectivity index (χ4v) is 5.97. The van der Waals surface area contributed by atoms with E-state index in [0.29, 0.717) is 24.6 Å². The van der Waals surface area contributed by atoms with Crippen molar-refractivity contribution in [2.75, 3.05) is 24.3 Å². The first-order valence-electron chi connectivity index (χ1n) is 7.32. The minimum absolute atomic E-state index is 0.345. The van der Waals surface area contributed by atoms with Gasteiger partial charge in [-0.1, -0.05) is 6.92 Å². The monoisotopic (exact) mass is 349 g/mol. The first-order valence-corrected chi connectivity index (χ1v) is 11.0. The molecule has 0 unspecified atom stereocenters. The standard InChI is InChI=1S/C14H23NO5S2/c1-11-6-7-15(22(18,19)9-8-21(3,16)17)13(10-11)14-5-4-12(2)20-14/h4-5,11,13H,6-10H2,1-3H3/t11-,13+/m1/s1. The van der Waals surface area contributed by atoms with Crippen LogP contribution in [0.15, 0.2) is 16.5 Å². The highest BCUT2D eigenvalue weighted by Crippen LogP contribution is 2.36. The molecule has 1 aliphatic heterocycles. The molecule has 2 atom stereocenters. The predicted octanol–water partition coefficient (Wildman–Crippen LogP) is 1.74. The number of nitrogens with zero attached hydrogens (tertiary/aromatic N) is 1. The molecule has 1 aromatic heterocycles. The van der Waals surface area contributed by atoms with E-state index >= 15 is 0 Å². The maximum absolute atomic E-state index is 12.5. The molecule has 0 saturated carbocycles. The van der Waals surface area contributed by atoms with E-state index in [1.807, 2.05) is 13.0 Å². The van der Waals surface area contributed by atoms with Crippen LogP contribution in [0.2, 0.25) is 0 Å². The van der Waals surface area contributed by atoms with E-state index in [2.05, 4.69) is 6.92 Å². The summed E-state index contributed by atoms with van der Waals surface area (Å²) in [6.45, 7) is 4.30. The van der Waals surface area contributed by atoms with Crippen LogP contribution in [-0.4, -0.2) is 45.4 Å². The van der Waals surface area contributed by atoms with Crippen LogP contribution in [0.3, 0.4) is 0 Å². The zero-order valence-corrected chi connectivity index (χ0v) is 14.8. The van der Waals surface area contributed by atoms with Crippen LogP contribution in [0.5, 0.6) is 0 Å². The summed E-state index contributed by atoms with van der Waals surface area (Å²) in [6, 6.07) is 3.27. The summed E-state index contributed by atoms with van der Waals surface area (Å²) in [5.41, 5.74) is 0. The third kappa shape index (κ3) is 4.33. The van der Waals surface area contributed by atoms with Crippen LogP contribution in [-0.2, 0) is 19.9 Å². The highest BCUT2D eigenvalue weighted by atomic mass is 32.2. The quantitative estimate of drug-likeness (QED) is 0.808. The minimum Gasteiger partial charge on any atom is -0.465 e. The number of piperidine rings is 1. The average molecular weight is 349 g/mol. The van der Waals surface area contributed by atoms with Gasteiger partial charge in [0.15, 0.2) is 0 Å². The molecule has 1 fully saturated rings. The zero-order chi connectivity index (χ0) is 16.5. The highest BCUT2D eigenvalue weighted by Gasteiger charge is 2.37. The normalized spacial score (nSPS) is 24.5. The first kappa shape index (κ1) is 17.5. The molecule has 1 aromatic rings. The van der Waals surface area contributed by atoms with Gasteiger partial charge in [0.1, 0.15) is 21.4 Å². The third-order valence-electron chi connectivity index (χ3n) is 3.97. The van der Waals surface area contributed by atoms with Gasteiger partial charge in [-0.2, -0.15) is 4.31 Å². The fourth-order valence-electron chi connectivity index (χ4n) is 2.72. The van der Waals surface area contributed by atoms with Crippen molar-refractivity contribution in [3.63, 3.8) is 0 Å². The maximum atomic E-state index is 12.5. The Bertz CT molecular complexity index is 720. The van der Waals surface area contributed by atoms with Gasteiger partial charge in [0.25, 0.3) is 0 Å². The van der Waals surface area contributed by atoms with Crippen molar-refractivity contribution in [1.29, 1.82) is 0 Å². The highest BCUT2D eigenvalue weighted by molar-refractivity contribution is 7.93. The molecule has 8 heteroatoms. The second-order valence-electron chi connectivity index (χ2n) is 6.15. The number of aryl methyl sites for hydroxylation is 1. The van der Waals surface area contributed by atoms with Crippen LogP contribution in [0, 0.1) is 12.8 Å². The Labute approximate surface area is 132 Å². The lowest BCUT2D eigenvalue weighted by molar-refractivity contribution is 0.184. The summed E-state index contributed by atoms with van der Waals surface area (Å²) in [7, 11) is -6.95. The number of furan rings is 1. The largest absolute Gasteiger partial charge is 0.465 e. The molecule has 0 radical (unpaired) electrons.